The number of nitrogens with two attached hydrogens (primary N) is 1. The molecule has 0 bridgehead atoms. The highest BCUT2D eigenvalue weighted by molar-refractivity contribution is 6.00. The Hall–Kier alpha value is -3.14. The molecule has 0 saturated carbocycles. The quantitative estimate of drug-likeness (QED) is 0.642. The van der Waals surface area contributed by atoms with Crippen LogP contribution in [-0.2, 0) is 10.9 Å². The number of hydrogen-bond donors (Lipinski definition) is 1. The second-order valence-corrected chi connectivity index (χ2v) is 6.96. The van der Waals surface area contributed by atoms with Crippen LogP contribution in [0.1, 0.15) is 21.7 Å². The number of aryl methyl sites for hydroxylation is 1. The zero-order chi connectivity index (χ0) is 21.6. The molecule has 1 amide bonds. The van der Waals surface area contributed by atoms with Crippen molar-refractivity contribution in [3.8, 4) is 11.3 Å². The lowest BCUT2D eigenvalue weighted by Crippen LogP contribution is -2.41. The summed E-state index contributed by atoms with van der Waals surface area (Å²) in [5, 5.41) is 0. The molecule has 1 aliphatic rings. The van der Waals surface area contributed by atoms with Crippen LogP contribution in [0, 0.1) is 12.7 Å². The van der Waals surface area contributed by atoms with Gasteiger partial charge in [0.05, 0.1) is 24.3 Å². The van der Waals surface area contributed by atoms with Gasteiger partial charge in [-0.1, -0.05) is 6.07 Å². The molecule has 6 nitrogen and oxygen atoms in total. The van der Waals surface area contributed by atoms with Gasteiger partial charge < -0.3 is 19.8 Å². The fourth-order valence-corrected chi connectivity index (χ4v) is 3.61. The third-order valence-electron chi connectivity index (χ3n) is 5.08. The number of benzene rings is 1. The van der Waals surface area contributed by atoms with Gasteiger partial charge in [0.2, 0.25) is 0 Å². The Morgan fingerprint density at radius 1 is 1.17 bits per heavy atom. The molecule has 3 heterocycles. The second-order valence-electron chi connectivity index (χ2n) is 6.96. The summed E-state index contributed by atoms with van der Waals surface area (Å²) in [5.41, 5.74) is 4.89. The predicted molar refractivity (Wildman–Crippen MR) is 101 cm³/mol. The van der Waals surface area contributed by atoms with E-state index in [4.69, 9.17) is 10.5 Å². The van der Waals surface area contributed by atoms with Gasteiger partial charge in [-0.2, -0.15) is 13.2 Å². The molecule has 1 saturated heterocycles. The number of halogens is 4. The summed E-state index contributed by atoms with van der Waals surface area (Å²) in [6, 6.07) is 6.24. The number of nitrogen functional groups attached to an aromatic ring is 1. The largest absolute Gasteiger partial charge is 0.419 e. The van der Waals surface area contributed by atoms with Gasteiger partial charge >= 0.3 is 6.18 Å². The SMILES string of the molecule is Cc1ccc2c(N)nc(-c3cccc(C(F)(F)F)c3F)c(C(=O)N3CCOCC3)n12. The normalized spacial score (nSPS) is 15.0. The molecule has 1 aromatic carbocycles. The maximum Gasteiger partial charge on any atom is 0.419 e. The minimum Gasteiger partial charge on any atom is -0.382 e. The lowest BCUT2D eigenvalue weighted by atomic mass is 10.0. The average Bonchev–Trinajstić information content (AvgIpc) is 3.10. The number of alkyl halides is 3. The molecular formula is C20H18F4N4O2. The number of hydrogen-bond acceptors (Lipinski definition) is 4. The van der Waals surface area contributed by atoms with Crippen molar-refractivity contribution < 1.29 is 27.1 Å². The highest BCUT2D eigenvalue weighted by Gasteiger charge is 2.36. The molecule has 30 heavy (non-hydrogen) atoms. The number of fused-ring (bicyclic) bond motifs is 1. The molecule has 10 heteroatoms. The molecule has 0 atom stereocenters. The summed E-state index contributed by atoms with van der Waals surface area (Å²) < 4.78 is 61.5. The lowest BCUT2D eigenvalue weighted by Gasteiger charge is -2.28. The van der Waals surface area contributed by atoms with Crippen LogP contribution in [0.3, 0.4) is 0 Å². The Labute approximate surface area is 168 Å². The highest BCUT2D eigenvalue weighted by Crippen LogP contribution is 2.37. The smallest absolute Gasteiger partial charge is 0.382 e. The van der Waals surface area contributed by atoms with Gasteiger partial charge in [-0.05, 0) is 31.2 Å². The van der Waals surface area contributed by atoms with Gasteiger partial charge in [0, 0.05) is 24.3 Å². The zero-order valence-electron chi connectivity index (χ0n) is 16.0. The number of morpholine rings is 1. The monoisotopic (exact) mass is 422 g/mol. The first-order valence-corrected chi connectivity index (χ1v) is 9.20. The van der Waals surface area contributed by atoms with Crippen molar-refractivity contribution >= 4 is 17.2 Å². The molecule has 0 radical (unpaired) electrons. The van der Waals surface area contributed by atoms with Crippen molar-refractivity contribution in [3.63, 3.8) is 0 Å². The first-order chi connectivity index (χ1) is 14.2. The fraction of sp³-hybridized carbons (Fsp3) is 0.300. The van der Waals surface area contributed by atoms with Crippen molar-refractivity contribution in [1.82, 2.24) is 14.3 Å². The van der Waals surface area contributed by atoms with E-state index < -0.39 is 29.0 Å². The Morgan fingerprint density at radius 3 is 2.53 bits per heavy atom. The molecule has 0 unspecified atom stereocenters. The van der Waals surface area contributed by atoms with Gasteiger partial charge in [0.25, 0.3) is 5.91 Å². The number of aromatic nitrogens is 2. The van der Waals surface area contributed by atoms with Crippen molar-refractivity contribution in [3.05, 3.63) is 53.1 Å². The molecule has 158 valence electrons. The number of amides is 1. The van der Waals surface area contributed by atoms with E-state index in [2.05, 4.69) is 4.98 Å². The summed E-state index contributed by atoms with van der Waals surface area (Å²) in [7, 11) is 0. The first kappa shape index (κ1) is 20.1. The second kappa shape index (κ2) is 7.28. The lowest BCUT2D eigenvalue weighted by molar-refractivity contribution is -0.139. The van der Waals surface area contributed by atoms with Crippen LogP contribution in [0.4, 0.5) is 23.4 Å². The Morgan fingerprint density at radius 2 is 1.87 bits per heavy atom. The van der Waals surface area contributed by atoms with Crippen LogP contribution in [-0.4, -0.2) is 46.5 Å². The minimum atomic E-state index is -4.90. The van der Waals surface area contributed by atoms with Gasteiger partial charge in [0.15, 0.2) is 0 Å². The molecule has 0 spiro atoms. The van der Waals surface area contributed by atoms with Crippen LogP contribution >= 0.6 is 0 Å². The zero-order valence-corrected chi connectivity index (χ0v) is 16.0. The van der Waals surface area contributed by atoms with E-state index in [9.17, 15) is 22.4 Å². The molecule has 1 aliphatic heterocycles. The molecular weight excluding hydrogens is 404 g/mol. The maximum atomic E-state index is 14.9. The van der Waals surface area contributed by atoms with E-state index >= 15 is 0 Å². The van der Waals surface area contributed by atoms with E-state index in [0.29, 0.717) is 43.6 Å². The first-order valence-electron chi connectivity index (χ1n) is 9.20. The average molecular weight is 422 g/mol. The topological polar surface area (TPSA) is 72.9 Å². The Balaban J connectivity index is 2.01. The number of anilines is 1. The Bertz CT molecular complexity index is 1130. The number of carbonyl (C=O) groups is 1. The van der Waals surface area contributed by atoms with Crippen molar-refractivity contribution in [2.45, 2.75) is 13.1 Å². The van der Waals surface area contributed by atoms with Gasteiger partial charge in [-0.25, -0.2) is 9.37 Å². The molecule has 2 aromatic heterocycles. The molecule has 4 rings (SSSR count). The number of rotatable bonds is 2. The predicted octanol–water partition coefficient (Wildman–Crippen LogP) is 3.52. The van der Waals surface area contributed by atoms with Gasteiger partial charge in [-0.3, -0.25) is 4.79 Å². The van der Waals surface area contributed by atoms with Crippen molar-refractivity contribution in [2.24, 2.45) is 0 Å². The van der Waals surface area contributed by atoms with Crippen LogP contribution in [0.2, 0.25) is 0 Å². The maximum absolute atomic E-state index is 14.9. The molecule has 1 fully saturated rings. The van der Waals surface area contributed by atoms with E-state index in [1.807, 2.05) is 0 Å². The van der Waals surface area contributed by atoms with Gasteiger partial charge in [0.1, 0.15) is 23.0 Å². The molecule has 3 aromatic rings. The van der Waals surface area contributed by atoms with E-state index in [-0.39, 0.29) is 17.2 Å². The van der Waals surface area contributed by atoms with Gasteiger partial charge in [-0.15, -0.1) is 0 Å². The van der Waals surface area contributed by atoms with E-state index in [0.717, 1.165) is 12.1 Å². The van der Waals surface area contributed by atoms with E-state index in [1.165, 1.54) is 9.30 Å². The van der Waals surface area contributed by atoms with Crippen LogP contribution in [0.15, 0.2) is 30.3 Å². The number of carbonyl (C=O) groups excluding carboxylic acids is 1. The summed E-state index contributed by atoms with van der Waals surface area (Å²) >= 11 is 0. The minimum absolute atomic E-state index is 0.0200. The summed E-state index contributed by atoms with van der Waals surface area (Å²) in [6.45, 7) is 2.98. The van der Waals surface area contributed by atoms with Crippen LogP contribution in [0.5, 0.6) is 0 Å². The standard InChI is InChI=1S/C20H18F4N4O2/c1-11-5-6-14-18(25)26-16(12-3-2-4-13(15(12)21)20(22,23)24)17(28(11)14)19(29)27-7-9-30-10-8-27/h2-6H,7-10H2,1H3,(H2,25,26). The van der Waals surface area contributed by atoms with Crippen LogP contribution < -0.4 is 5.73 Å². The fourth-order valence-electron chi connectivity index (χ4n) is 3.61. The van der Waals surface area contributed by atoms with Crippen LogP contribution in [0.25, 0.3) is 16.8 Å². The third-order valence-corrected chi connectivity index (χ3v) is 5.08. The summed E-state index contributed by atoms with van der Waals surface area (Å²) in [4.78, 5) is 19.0. The summed E-state index contributed by atoms with van der Waals surface area (Å²) in [5.74, 6) is -2.01. The number of nitrogens with zero attached hydrogens (tertiary/aromatic N) is 3. The van der Waals surface area contributed by atoms with E-state index in [1.54, 1.807) is 19.1 Å². The molecule has 0 aliphatic carbocycles. The summed E-state index contributed by atoms with van der Waals surface area (Å²) in [6.07, 6.45) is -4.90. The van der Waals surface area contributed by atoms with Crippen molar-refractivity contribution in [1.29, 1.82) is 0 Å². The number of ether oxygens (including phenoxy) is 1. The Kier molecular flexibility index (Phi) is 4.89. The van der Waals surface area contributed by atoms with Crippen molar-refractivity contribution in [2.75, 3.05) is 32.0 Å². The third kappa shape index (κ3) is 3.26. The molecule has 2 N–H and O–H groups in total. The highest BCUT2D eigenvalue weighted by atomic mass is 19.4.